The molecule has 0 rings (SSSR count). The minimum atomic E-state index is -2.67. The molecule has 68 valence electrons. The van der Waals surface area contributed by atoms with E-state index in [1.54, 1.807) is 29.9 Å². The van der Waals surface area contributed by atoms with Crippen LogP contribution in [0, 0.1) is 0 Å². The van der Waals surface area contributed by atoms with Gasteiger partial charge in [-0.1, -0.05) is 18.2 Å². The maximum Gasteiger partial charge on any atom is 0.246 e. The predicted octanol–water partition coefficient (Wildman–Crippen LogP) is 3.53. The first kappa shape index (κ1) is 11.4. The highest BCUT2D eigenvalue weighted by atomic mass is 31.2. The second kappa shape index (κ2) is 5.99. The SMILES string of the molecule is C=CCOP(=O)(/C=C/C)/C=C/C. The van der Waals surface area contributed by atoms with E-state index in [1.165, 1.54) is 0 Å². The van der Waals surface area contributed by atoms with Gasteiger partial charge in [0.1, 0.15) is 0 Å². The fraction of sp³-hybridized carbons (Fsp3) is 0.333. The van der Waals surface area contributed by atoms with Gasteiger partial charge in [0.05, 0.1) is 6.61 Å². The van der Waals surface area contributed by atoms with E-state index in [-0.39, 0.29) is 0 Å². The molecule has 0 aromatic carbocycles. The van der Waals surface area contributed by atoms with Crippen molar-refractivity contribution < 1.29 is 9.09 Å². The minimum Gasteiger partial charge on any atom is -0.319 e. The van der Waals surface area contributed by atoms with Crippen LogP contribution in [-0.2, 0) is 9.09 Å². The minimum absolute atomic E-state index is 0.311. The lowest BCUT2D eigenvalue weighted by Crippen LogP contribution is -1.84. The Bertz CT molecular complexity index is 213. The third-order valence-electron chi connectivity index (χ3n) is 1.11. The molecule has 2 nitrogen and oxygen atoms in total. The first-order chi connectivity index (χ1) is 5.68. The van der Waals surface area contributed by atoms with Gasteiger partial charge >= 0.3 is 0 Å². The first-order valence-electron chi connectivity index (χ1n) is 3.81. The Hall–Kier alpha value is -0.590. The van der Waals surface area contributed by atoms with Gasteiger partial charge in [-0.3, -0.25) is 4.57 Å². The van der Waals surface area contributed by atoms with Crippen LogP contribution in [-0.4, -0.2) is 6.61 Å². The van der Waals surface area contributed by atoms with Gasteiger partial charge < -0.3 is 4.52 Å². The van der Waals surface area contributed by atoms with Crippen LogP contribution in [0.1, 0.15) is 13.8 Å². The maximum atomic E-state index is 11.7. The molecule has 0 aromatic rings. The Kier molecular flexibility index (Phi) is 5.69. The van der Waals surface area contributed by atoms with Crippen LogP contribution < -0.4 is 0 Å². The highest BCUT2D eigenvalue weighted by Crippen LogP contribution is 2.49. The Balaban J connectivity index is 4.39. The molecule has 12 heavy (non-hydrogen) atoms. The van der Waals surface area contributed by atoms with E-state index >= 15 is 0 Å². The molecule has 0 radical (unpaired) electrons. The van der Waals surface area contributed by atoms with Crippen molar-refractivity contribution in [3.05, 3.63) is 36.4 Å². The molecule has 0 aliphatic heterocycles. The zero-order valence-electron chi connectivity index (χ0n) is 7.56. The molecule has 0 fully saturated rings. The molecule has 0 heterocycles. The van der Waals surface area contributed by atoms with E-state index in [9.17, 15) is 4.57 Å². The van der Waals surface area contributed by atoms with Crippen molar-refractivity contribution in [2.75, 3.05) is 6.61 Å². The van der Waals surface area contributed by atoms with Gasteiger partial charge in [-0.2, -0.15) is 0 Å². The second-order valence-corrected chi connectivity index (χ2v) is 4.34. The molecule has 0 aromatic heterocycles. The third-order valence-corrected chi connectivity index (χ3v) is 3.09. The summed E-state index contributed by atoms with van der Waals surface area (Å²) in [5, 5.41) is 0. The zero-order chi connectivity index (χ0) is 9.45. The lowest BCUT2D eigenvalue weighted by atomic mass is 10.7. The molecule has 0 N–H and O–H groups in total. The molecule has 0 spiro atoms. The van der Waals surface area contributed by atoms with E-state index in [4.69, 9.17) is 4.52 Å². The molecule has 0 atom stereocenters. The summed E-state index contributed by atoms with van der Waals surface area (Å²) in [6.45, 7) is 7.43. The van der Waals surface area contributed by atoms with Gasteiger partial charge in [-0.25, -0.2) is 0 Å². The van der Waals surface area contributed by atoms with Gasteiger partial charge in [0.2, 0.25) is 7.37 Å². The topological polar surface area (TPSA) is 26.3 Å². The number of hydrogen-bond donors (Lipinski definition) is 0. The number of rotatable bonds is 5. The summed E-state index contributed by atoms with van der Waals surface area (Å²) < 4.78 is 16.9. The molecule has 0 saturated carbocycles. The number of allylic oxidation sites excluding steroid dienone is 2. The summed E-state index contributed by atoms with van der Waals surface area (Å²) in [5.41, 5.74) is 0. The Morgan fingerprint density at radius 3 is 2.17 bits per heavy atom. The highest BCUT2D eigenvalue weighted by Gasteiger charge is 2.12. The van der Waals surface area contributed by atoms with E-state index < -0.39 is 7.37 Å². The molecular weight excluding hydrogens is 171 g/mol. The second-order valence-electron chi connectivity index (χ2n) is 2.19. The van der Waals surface area contributed by atoms with Gasteiger partial charge in [0.25, 0.3) is 0 Å². The molecule has 0 saturated heterocycles. The first-order valence-corrected chi connectivity index (χ1v) is 5.57. The van der Waals surface area contributed by atoms with Crippen molar-refractivity contribution in [3.63, 3.8) is 0 Å². The lowest BCUT2D eigenvalue weighted by Gasteiger charge is -2.07. The molecule has 0 unspecified atom stereocenters. The Morgan fingerprint density at radius 2 is 1.83 bits per heavy atom. The zero-order valence-corrected chi connectivity index (χ0v) is 8.46. The van der Waals surface area contributed by atoms with Crippen LogP contribution >= 0.6 is 7.37 Å². The van der Waals surface area contributed by atoms with Crippen molar-refractivity contribution in [2.24, 2.45) is 0 Å². The molecule has 0 aliphatic rings. The largest absolute Gasteiger partial charge is 0.319 e. The van der Waals surface area contributed by atoms with Crippen LogP contribution in [0.4, 0.5) is 0 Å². The molecule has 0 aliphatic carbocycles. The Morgan fingerprint density at radius 1 is 1.33 bits per heavy atom. The van der Waals surface area contributed by atoms with E-state index in [2.05, 4.69) is 6.58 Å². The third kappa shape index (κ3) is 4.32. The normalized spacial score (nSPS) is 12.8. The van der Waals surface area contributed by atoms with Crippen molar-refractivity contribution >= 4 is 7.37 Å². The fourth-order valence-corrected chi connectivity index (χ4v) is 2.16. The van der Waals surface area contributed by atoms with E-state index in [0.29, 0.717) is 6.61 Å². The van der Waals surface area contributed by atoms with Gasteiger partial charge in [-0.15, -0.1) is 6.58 Å². The summed E-state index contributed by atoms with van der Waals surface area (Å²) in [6, 6.07) is 0. The highest BCUT2D eigenvalue weighted by molar-refractivity contribution is 7.65. The van der Waals surface area contributed by atoms with Crippen LogP contribution in [0.2, 0.25) is 0 Å². The average molecular weight is 186 g/mol. The van der Waals surface area contributed by atoms with E-state index in [1.807, 2.05) is 13.8 Å². The van der Waals surface area contributed by atoms with Crippen molar-refractivity contribution in [2.45, 2.75) is 13.8 Å². The monoisotopic (exact) mass is 186 g/mol. The molecule has 3 heteroatoms. The van der Waals surface area contributed by atoms with Gasteiger partial charge in [0.15, 0.2) is 0 Å². The van der Waals surface area contributed by atoms with Gasteiger partial charge in [-0.05, 0) is 13.8 Å². The molecule has 0 amide bonds. The van der Waals surface area contributed by atoms with Crippen LogP contribution in [0.25, 0.3) is 0 Å². The summed E-state index contributed by atoms with van der Waals surface area (Å²) >= 11 is 0. The van der Waals surface area contributed by atoms with Crippen LogP contribution in [0.5, 0.6) is 0 Å². The average Bonchev–Trinajstić information content (AvgIpc) is 2.02. The van der Waals surface area contributed by atoms with E-state index in [0.717, 1.165) is 0 Å². The lowest BCUT2D eigenvalue weighted by molar-refractivity contribution is 0.367. The standard InChI is InChI=1S/C9H15O2P/c1-4-7-11-12(10,8-5-2)9-6-3/h4-6,8-9H,1,7H2,2-3H3/b8-5+,9-6+. The summed E-state index contributed by atoms with van der Waals surface area (Å²) in [6.07, 6.45) is 5.04. The van der Waals surface area contributed by atoms with Gasteiger partial charge in [0, 0.05) is 11.6 Å². The van der Waals surface area contributed by atoms with Crippen molar-refractivity contribution in [3.8, 4) is 0 Å². The summed E-state index contributed by atoms with van der Waals surface area (Å²) in [4.78, 5) is 0. The van der Waals surface area contributed by atoms with Crippen LogP contribution in [0.15, 0.2) is 36.4 Å². The summed E-state index contributed by atoms with van der Waals surface area (Å²) in [5.74, 6) is 3.16. The smallest absolute Gasteiger partial charge is 0.246 e. The molecule has 0 bridgehead atoms. The Labute approximate surface area is 74.1 Å². The quantitative estimate of drug-likeness (QED) is 0.485. The molecular formula is C9H15O2P. The summed E-state index contributed by atoms with van der Waals surface area (Å²) in [7, 11) is -2.67. The predicted molar refractivity (Wildman–Crippen MR) is 53.4 cm³/mol. The number of hydrogen-bond acceptors (Lipinski definition) is 2. The maximum absolute atomic E-state index is 11.7. The van der Waals surface area contributed by atoms with Crippen molar-refractivity contribution in [1.82, 2.24) is 0 Å². The fourth-order valence-electron chi connectivity index (χ4n) is 0.721. The van der Waals surface area contributed by atoms with Crippen molar-refractivity contribution in [1.29, 1.82) is 0 Å². The van der Waals surface area contributed by atoms with Crippen LogP contribution in [0.3, 0.4) is 0 Å².